The predicted octanol–water partition coefficient (Wildman–Crippen LogP) is 16.5. The van der Waals surface area contributed by atoms with E-state index in [-0.39, 0.29) is 0 Å². The molecule has 0 N–H and O–H groups in total. The Bertz CT molecular complexity index is 3850. The summed E-state index contributed by atoms with van der Waals surface area (Å²) in [5.74, 6) is 0. The maximum absolute atomic E-state index is 2.45. The van der Waals surface area contributed by atoms with Crippen molar-refractivity contribution >= 4 is 103 Å². The first-order valence-corrected chi connectivity index (χ1v) is 22.0. The van der Waals surface area contributed by atoms with Crippen LogP contribution in [0.25, 0.3) is 97.1 Å². The molecule has 0 bridgehead atoms. The van der Waals surface area contributed by atoms with Gasteiger partial charge < -0.3 is 14.0 Å². The van der Waals surface area contributed by atoms with Crippen molar-refractivity contribution in [3.05, 3.63) is 224 Å². The number of anilines is 3. The lowest BCUT2D eigenvalue weighted by atomic mass is 10.0. The monoisotopic (exact) mass is 807 g/mol. The summed E-state index contributed by atoms with van der Waals surface area (Å²) in [6, 6.07) is 82.1. The van der Waals surface area contributed by atoms with Crippen LogP contribution in [-0.2, 0) is 0 Å². The van der Waals surface area contributed by atoms with Gasteiger partial charge in [0.1, 0.15) is 0 Å². The molecule has 290 valence electrons. The van der Waals surface area contributed by atoms with Crippen molar-refractivity contribution in [2.75, 3.05) is 4.90 Å². The maximum atomic E-state index is 2.45. The quantitative estimate of drug-likeness (QED) is 0.163. The number of fused-ring (bicyclic) bond motifs is 11. The van der Waals surface area contributed by atoms with Crippen LogP contribution in [0.15, 0.2) is 224 Å². The Balaban J connectivity index is 0.953. The molecule has 0 radical (unpaired) electrons. The fourth-order valence-corrected chi connectivity index (χ4v) is 11.1. The van der Waals surface area contributed by atoms with Gasteiger partial charge in [-0.15, -0.1) is 11.3 Å². The zero-order valence-corrected chi connectivity index (χ0v) is 34.4. The lowest BCUT2D eigenvalue weighted by Gasteiger charge is -2.26. The van der Waals surface area contributed by atoms with Crippen molar-refractivity contribution in [1.82, 2.24) is 9.13 Å². The van der Waals surface area contributed by atoms with E-state index >= 15 is 0 Å². The fourth-order valence-electron chi connectivity index (χ4n) is 9.89. The molecule has 0 aliphatic rings. The number of benzene rings is 10. The molecule has 3 heterocycles. The molecule has 0 aliphatic heterocycles. The Kier molecular flexibility index (Phi) is 7.78. The summed E-state index contributed by atoms with van der Waals surface area (Å²) in [6.45, 7) is 0. The number of rotatable bonds is 6. The molecule has 0 amide bonds. The Morgan fingerprint density at radius 3 is 1.69 bits per heavy atom. The van der Waals surface area contributed by atoms with E-state index in [9.17, 15) is 0 Å². The van der Waals surface area contributed by atoms with E-state index in [0.29, 0.717) is 0 Å². The molecule has 0 aliphatic carbocycles. The highest BCUT2D eigenvalue weighted by molar-refractivity contribution is 7.26. The van der Waals surface area contributed by atoms with Crippen molar-refractivity contribution < 1.29 is 0 Å². The second-order valence-corrected chi connectivity index (χ2v) is 17.2. The zero-order valence-electron chi connectivity index (χ0n) is 33.6. The average Bonchev–Trinajstić information content (AvgIpc) is 4.01. The summed E-state index contributed by atoms with van der Waals surface area (Å²) < 4.78 is 7.40. The molecule has 0 atom stereocenters. The van der Waals surface area contributed by atoms with E-state index in [1.54, 1.807) is 0 Å². The molecular weight excluding hydrogens is 771 g/mol. The number of aromatic nitrogens is 2. The standard InChI is InChI=1S/C58H37N3S/c1-2-14-41(15-3-1)60-52-21-9-6-17-46(52)48-36-34-44(37-55(48)60)59(54-23-12-20-51-49-19-8-11-24-56(49)62-58(51)54)42-30-25-38(26-31-42)39-27-32-43(33-28-39)61-53-22-10-7-18-47(53)50-35-29-40-13-4-5-16-45(40)57(50)61/h1-37H. The second kappa shape index (κ2) is 13.8. The van der Waals surface area contributed by atoms with E-state index in [0.717, 1.165) is 22.7 Å². The van der Waals surface area contributed by atoms with E-state index < -0.39 is 0 Å². The van der Waals surface area contributed by atoms with Crippen LogP contribution in [0.3, 0.4) is 0 Å². The molecule has 3 nitrogen and oxygen atoms in total. The molecule has 13 rings (SSSR count). The average molecular weight is 808 g/mol. The van der Waals surface area contributed by atoms with Crippen LogP contribution in [0.4, 0.5) is 17.1 Å². The van der Waals surface area contributed by atoms with Gasteiger partial charge in [-0.3, -0.25) is 0 Å². The number of para-hydroxylation sites is 3. The molecule has 4 heteroatoms. The molecule has 0 saturated carbocycles. The second-order valence-electron chi connectivity index (χ2n) is 16.1. The highest BCUT2D eigenvalue weighted by atomic mass is 32.1. The highest BCUT2D eigenvalue weighted by Gasteiger charge is 2.21. The summed E-state index contributed by atoms with van der Waals surface area (Å²) >= 11 is 1.87. The van der Waals surface area contributed by atoms with Crippen LogP contribution in [0.2, 0.25) is 0 Å². The molecule has 3 aromatic heterocycles. The topological polar surface area (TPSA) is 13.1 Å². The highest BCUT2D eigenvalue weighted by Crippen LogP contribution is 2.46. The third-order valence-corrected chi connectivity index (χ3v) is 13.9. The summed E-state index contributed by atoms with van der Waals surface area (Å²) in [5, 5.41) is 10.1. The van der Waals surface area contributed by atoms with Crippen molar-refractivity contribution in [2.24, 2.45) is 0 Å². The number of thiophene rings is 1. The van der Waals surface area contributed by atoms with E-state index in [1.807, 2.05) is 11.3 Å². The molecule has 0 spiro atoms. The first-order valence-electron chi connectivity index (χ1n) is 21.2. The zero-order chi connectivity index (χ0) is 40.7. The van der Waals surface area contributed by atoms with Gasteiger partial charge in [0.25, 0.3) is 0 Å². The Hall–Kier alpha value is -7.92. The molecule has 0 saturated heterocycles. The van der Waals surface area contributed by atoms with Gasteiger partial charge in [0, 0.05) is 65.2 Å². The van der Waals surface area contributed by atoms with Gasteiger partial charge in [-0.2, -0.15) is 0 Å². The largest absolute Gasteiger partial charge is 0.309 e. The van der Waals surface area contributed by atoms with E-state index in [2.05, 4.69) is 238 Å². The molecule has 13 aromatic rings. The smallest absolute Gasteiger partial charge is 0.0640 e. The first kappa shape index (κ1) is 34.9. The Morgan fingerprint density at radius 1 is 0.339 bits per heavy atom. The van der Waals surface area contributed by atoms with Crippen LogP contribution < -0.4 is 4.90 Å². The van der Waals surface area contributed by atoms with E-state index in [1.165, 1.54) is 91.4 Å². The van der Waals surface area contributed by atoms with Gasteiger partial charge in [-0.1, -0.05) is 152 Å². The minimum absolute atomic E-state index is 1.11. The third-order valence-electron chi connectivity index (χ3n) is 12.7. The summed E-state index contributed by atoms with van der Waals surface area (Å²) in [5.41, 5.74) is 12.9. The van der Waals surface area contributed by atoms with Gasteiger partial charge in [-0.25, -0.2) is 0 Å². The lowest BCUT2D eigenvalue weighted by molar-refractivity contribution is 1.18. The van der Waals surface area contributed by atoms with Crippen LogP contribution in [0, 0.1) is 0 Å². The molecule has 10 aromatic carbocycles. The van der Waals surface area contributed by atoms with Gasteiger partial charge in [0.15, 0.2) is 0 Å². The van der Waals surface area contributed by atoms with Crippen molar-refractivity contribution in [3.8, 4) is 22.5 Å². The summed E-state index contributed by atoms with van der Waals surface area (Å²) in [4.78, 5) is 2.45. The molecular formula is C58H37N3S. The molecule has 0 fully saturated rings. The number of nitrogens with zero attached hydrogens (tertiary/aromatic N) is 3. The van der Waals surface area contributed by atoms with Gasteiger partial charge >= 0.3 is 0 Å². The van der Waals surface area contributed by atoms with Crippen molar-refractivity contribution in [1.29, 1.82) is 0 Å². The maximum Gasteiger partial charge on any atom is 0.0640 e. The summed E-state index contributed by atoms with van der Waals surface area (Å²) in [7, 11) is 0. The predicted molar refractivity (Wildman–Crippen MR) is 266 cm³/mol. The van der Waals surface area contributed by atoms with Gasteiger partial charge in [0.2, 0.25) is 0 Å². The third kappa shape index (κ3) is 5.30. The van der Waals surface area contributed by atoms with Crippen molar-refractivity contribution in [2.45, 2.75) is 0 Å². The Morgan fingerprint density at radius 2 is 0.903 bits per heavy atom. The SMILES string of the molecule is c1ccc(-n2c3ccccc3c3ccc(N(c4ccc(-c5ccc(-n6c7ccccc7c7ccc8ccccc8c76)cc5)cc4)c4cccc5c4sc4ccccc45)cc32)cc1. The van der Waals surface area contributed by atoms with E-state index in [4.69, 9.17) is 0 Å². The van der Waals surface area contributed by atoms with Crippen LogP contribution in [-0.4, -0.2) is 9.13 Å². The normalized spacial score (nSPS) is 11.9. The lowest BCUT2D eigenvalue weighted by Crippen LogP contribution is -2.10. The summed E-state index contributed by atoms with van der Waals surface area (Å²) in [6.07, 6.45) is 0. The Labute approximate surface area is 362 Å². The van der Waals surface area contributed by atoms with Crippen molar-refractivity contribution in [3.63, 3.8) is 0 Å². The van der Waals surface area contributed by atoms with Gasteiger partial charge in [-0.05, 0) is 89.3 Å². The first-order chi connectivity index (χ1) is 30.8. The van der Waals surface area contributed by atoms with Crippen LogP contribution in [0.5, 0.6) is 0 Å². The number of hydrogen-bond acceptors (Lipinski definition) is 2. The minimum atomic E-state index is 1.11. The minimum Gasteiger partial charge on any atom is -0.309 e. The van der Waals surface area contributed by atoms with Gasteiger partial charge in [0.05, 0.1) is 32.5 Å². The molecule has 62 heavy (non-hydrogen) atoms. The fraction of sp³-hybridized carbons (Fsp3) is 0. The number of hydrogen-bond donors (Lipinski definition) is 0. The molecule has 0 unspecified atom stereocenters. The van der Waals surface area contributed by atoms with Crippen LogP contribution >= 0.6 is 11.3 Å². The van der Waals surface area contributed by atoms with Crippen LogP contribution in [0.1, 0.15) is 0 Å².